The van der Waals surface area contributed by atoms with Crippen LogP contribution in [-0.2, 0) is 0 Å². The van der Waals surface area contributed by atoms with E-state index in [0.717, 1.165) is 6.04 Å². The molecule has 0 aromatic carbocycles. The van der Waals surface area contributed by atoms with Crippen LogP contribution >= 0.6 is 11.8 Å². The smallest absolute Gasteiger partial charge is 0.00959 e. The minimum atomic E-state index is 0.987. The fourth-order valence-electron chi connectivity index (χ4n) is 1.69. The van der Waals surface area contributed by atoms with Crippen LogP contribution in [0.1, 0.15) is 19.3 Å². The van der Waals surface area contributed by atoms with Crippen molar-refractivity contribution in [1.29, 1.82) is 0 Å². The molecule has 2 rings (SSSR count). The third-order valence-corrected chi connectivity index (χ3v) is 3.58. The Bertz CT molecular complexity index is 106. The van der Waals surface area contributed by atoms with Crippen molar-refractivity contribution >= 4 is 11.8 Å². The highest BCUT2D eigenvalue weighted by Crippen LogP contribution is 2.26. The summed E-state index contributed by atoms with van der Waals surface area (Å²) in [5.74, 6) is 2.74. The summed E-state index contributed by atoms with van der Waals surface area (Å²) < 4.78 is 0. The van der Waals surface area contributed by atoms with Crippen molar-refractivity contribution in [2.75, 3.05) is 24.6 Å². The highest BCUT2D eigenvalue weighted by atomic mass is 32.2. The summed E-state index contributed by atoms with van der Waals surface area (Å²) in [6.45, 7) is 2.71. The van der Waals surface area contributed by atoms with E-state index in [0.29, 0.717) is 0 Å². The van der Waals surface area contributed by atoms with E-state index in [1.807, 2.05) is 0 Å². The van der Waals surface area contributed by atoms with E-state index in [2.05, 4.69) is 16.7 Å². The van der Waals surface area contributed by atoms with Gasteiger partial charge in [-0.3, -0.25) is 4.90 Å². The zero-order chi connectivity index (χ0) is 6.81. The Morgan fingerprint density at radius 2 is 1.80 bits per heavy atom. The Kier molecular flexibility index (Phi) is 2.19. The molecule has 0 atom stereocenters. The largest absolute Gasteiger partial charge is 0.299 e. The van der Waals surface area contributed by atoms with Crippen LogP contribution < -0.4 is 0 Å². The molecule has 2 aliphatic rings. The van der Waals surface area contributed by atoms with Gasteiger partial charge in [0.25, 0.3) is 0 Å². The van der Waals surface area contributed by atoms with Crippen LogP contribution in [0, 0.1) is 0 Å². The molecule has 1 aliphatic heterocycles. The van der Waals surface area contributed by atoms with Crippen LogP contribution in [0.15, 0.2) is 0 Å². The minimum absolute atomic E-state index is 0.987. The molecule has 1 saturated heterocycles. The van der Waals surface area contributed by atoms with Gasteiger partial charge in [-0.1, -0.05) is 6.42 Å². The van der Waals surface area contributed by atoms with E-state index in [1.54, 1.807) is 0 Å². The monoisotopic (exact) mass is 157 g/mol. The summed E-state index contributed by atoms with van der Waals surface area (Å²) in [5, 5.41) is 0. The maximum Gasteiger partial charge on any atom is 0.00959 e. The summed E-state index contributed by atoms with van der Waals surface area (Å²) in [6.07, 6.45) is 4.43. The van der Waals surface area contributed by atoms with Gasteiger partial charge < -0.3 is 0 Å². The van der Waals surface area contributed by atoms with Gasteiger partial charge in [0.15, 0.2) is 0 Å². The molecular formula is C8H15NS. The number of thioether (sulfide) groups is 1. The molecule has 2 fully saturated rings. The molecule has 0 bridgehead atoms. The van der Waals surface area contributed by atoms with Gasteiger partial charge in [0, 0.05) is 30.6 Å². The predicted molar refractivity (Wildman–Crippen MR) is 46.5 cm³/mol. The molecule has 10 heavy (non-hydrogen) atoms. The quantitative estimate of drug-likeness (QED) is 0.568. The highest BCUT2D eigenvalue weighted by molar-refractivity contribution is 7.99. The first-order valence-corrected chi connectivity index (χ1v) is 5.44. The van der Waals surface area contributed by atoms with E-state index < -0.39 is 0 Å². The number of hydrogen-bond donors (Lipinski definition) is 0. The summed E-state index contributed by atoms with van der Waals surface area (Å²) in [6, 6.07) is 0.987. The van der Waals surface area contributed by atoms with Crippen molar-refractivity contribution in [1.82, 2.24) is 4.90 Å². The summed E-state index contributed by atoms with van der Waals surface area (Å²) in [4.78, 5) is 2.68. The van der Waals surface area contributed by atoms with Gasteiger partial charge in [0.05, 0.1) is 0 Å². The first kappa shape index (κ1) is 6.99. The first-order valence-electron chi connectivity index (χ1n) is 4.28. The van der Waals surface area contributed by atoms with Gasteiger partial charge in [0.1, 0.15) is 0 Å². The third-order valence-electron chi connectivity index (χ3n) is 2.64. The molecule has 0 aromatic heterocycles. The van der Waals surface area contributed by atoms with Gasteiger partial charge >= 0.3 is 0 Å². The Morgan fingerprint density at radius 1 is 1.10 bits per heavy atom. The second kappa shape index (κ2) is 3.14. The van der Waals surface area contributed by atoms with Crippen molar-refractivity contribution in [3.8, 4) is 0 Å². The molecule has 0 radical (unpaired) electrons. The maximum absolute atomic E-state index is 2.68. The van der Waals surface area contributed by atoms with E-state index in [1.165, 1.54) is 43.9 Å². The molecule has 58 valence electrons. The van der Waals surface area contributed by atoms with Crippen molar-refractivity contribution in [2.24, 2.45) is 0 Å². The molecule has 1 heterocycles. The molecule has 0 spiro atoms. The van der Waals surface area contributed by atoms with Crippen molar-refractivity contribution in [3.63, 3.8) is 0 Å². The standard InChI is InChI=1S/C8H15NS/c1-2-8(3-1)9-4-6-10-7-5-9/h8H,1-7H2. The maximum atomic E-state index is 2.68. The van der Waals surface area contributed by atoms with Crippen molar-refractivity contribution in [2.45, 2.75) is 25.3 Å². The topological polar surface area (TPSA) is 3.24 Å². The number of hydrogen-bond acceptors (Lipinski definition) is 2. The average molecular weight is 157 g/mol. The Morgan fingerprint density at radius 3 is 2.30 bits per heavy atom. The molecule has 1 nitrogen and oxygen atoms in total. The van der Waals surface area contributed by atoms with Crippen LogP contribution in [0.5, 0.6) is 0 Å². The average Bonchev–Trinajstić information content (AvgIpc) is 1.86. The summed E-state index contributed by atoms with van der Waals surface area (Å²) in [5.41, 5.74) is 0. The van der Waals surface area contributed by atoms with E-state index in [9.17, 15) is 0 Å². The molecule has 0 amide bonds. The molecular weight excluding hydrogens is 142 g/mol. The second-order valence-electron chi connectivity index (χ2n) is 3.23. The summed E-state index contributed by atoms with van der Waals surface area (Å²) >= 11 is 2.11. The highest BCUT2D eigenvalue weighted by Gasteiger charge is 2.25. The predicted octanol–water partition coefficient (Wildman–Crippen LogP) is 1.59. The zero-order valence-electron chi connectivity index (χ0n) is 6.38. The van der Waals surface area contributed by atoms with Crippen LogP contribution in [0.25, 0.3) is 0 Å². The molecule has 0 N–H and O–H groups in total. The van der Waals surface area contributed by atoms with Gasteiger partial charge in [-0.25, -0.2) is 0 Å². The second-order valence-corrected chi connectivity index (χ2v) is 4.46. The van der Waals surface area contributed by atoms with Crippen LogP contribution in [-0.4, -0.2) is 35.5 Å². The fraction of sp³-hybridized carbons (Fsp3) is 1.00. The Labute approximate surface area is 67.2 Å². The number of nitrogens with zero attached hydrogens (tertiary/aromatic N) is 1. The lowest BCUT2D eigenvalue weighted by Crippen LogP contribution is -2.44. The molecule has 0 aromatic rings. The van der Waals surface area contributed by atoms with E-state index >= 15 is 0 Å². The summed E-state index contributed by atoms with van der Waals surface area (Å²) in [7, 11) is 0. The number of rotatable bonds is 1. The van der Waals surface area contributed by atoms with Crippen LogP contribution in [0.3, 0.4) is 0 Å². The lowest BCUT2D eigenvalue weighted by Gasteiger charge is -2.39. The van der Waals surface area contributed by atoms with Gasteiger partial charge in [0.2, 0.25) is 0 Å². The molecule has 1 aliphatic carbocycles. The first-order chi connectivity index (χ1) is 4.97. The molecule has 1 saturated carbocycles. The SMILES string of the molecule is C1CC(N2CCSCC2)C1. The van der Waals surface area contributed by atoms with E-state index in [-0.39, 0.29) is 0 Å². The van der Waals surface area contributed by atoms with Crippen LogP contribution in [0.4, 0.5) is 0 Å². The Balaban J connectivity index is 1.78. The lowest BCUT2D eigenvalue weighted by molar-refractivity contribution is 0.141. The molecule has 0 unspecified atom stereocenters. The lowest BCUT2D eigenvalue weighted by atomic mass is 9.91. The Hall–Kier alpha value is 0.310. The van der Waals surface area contributed by atoms with Crippen LogP contribution in [0.2, 0.25) is 0 Å². The normalized spacial score (nSPS) is 30.0. The third kappa shape index (κ3) is 1.32. The minimum Gasteiger partial charge on any atom is -0.299 e. The molecule has 2 heteroatoms. The van der Waals surface area contributed by atoms with Crippen molar-refractivity contribution in [3.05, 3.63) is 0 Å². The van der Waals surface area contributed by atoms with E-state index in [4.69, 9.17) is 0 Å². The van der Waals surface area contributed by atoms with Gasteiger partial charge in [-0.15, -0.1) is 0 Å². The van der Waals surface area contributed by atoms with Gasteiger partial charge in [-0.05, 0) is 12.8 Å². The fourth-order valence-corrected chi connectivity index (χ4v) is 2.63. The zero-order valence-corrected chi connectivity index (χ0v) is 7.20. The van der Waals surface area contributed by atoms with Crippen molar-refractivity contribution < 1.29 is 0 Å². The van der Waals surface area contributed by atoms with Gasteiger partial charge in [-0.2, -0.15) is 11.8 Å².